The van der Waals surface area contributed by atoms with Gasteiger partial charge < -0.3 is 0 Å². The number of rotatable bonds is 0. The minimum atomic E-state index is -4.35. The van der Waals surface area contributed by atoms with Gasteiger partial charge in [-0.3, -0.25) is 9.36 Å². The Morgan fingerprint density at radius 1 is 1.21 bits per heavy atom. The second-order valence-electron chi connectivity index (χ2n) is 4.88. The number of carbonyl (C=O) groups is 1. The Morgan fingerprint density at radius 2 is 1.95 bits per heavy atom. The Kier molecular flexibility index (Phi) is 2.49. The van der Waals surface area contributed by atoms with Gasteiger partial charge in [0.15, 0.2) is 0 Å². The van der Waals surface area contributed by atoms with E-state index in [9.17, 15) is 18.0 Å². The van der Waals surface area contributed by atoms with Crippen LogP contribution in [0.4, 0.5) is 13.2 Å². The molecule has 1 aromatic heterocycles. The maximum Gasteiger partial charge on any atom is 0.416 e. The van der Waals surface area contributed by atoms with E-state index in [-0.39, 0.29) is 5.91 Å². The van der Waals surface area contributed by atoms with E-state index in [0.717, 1.165) is 36.2 Å². The molecule has 1 aromatic carbocycles. The van der Waals surface area contributed by atoms with Crippen molar-refractivity contribution in [3.8, 4) is 0 Å². The van der Waals surface area contributed by atoms with Crippen molar-refractivity contribution in [2.45, 2.75) is 32.4 Å². The zero-order valence-electron chi connectivity index (χ0n) is 10.3. The second-order valence-corrected chi connectivity index (χ2v) is 4.88. The summed E-state index contributed by atoms with van der Waals surface area (Å²) in [5.74, 6) is -0.0286. The van der Waals surface area contributed by atoms with Gasteiger partial charge in [-0.15, -0.1) is 0 Å². The molecule has 0 amide bonds. The van der Waals surface area contributed by atoms with Crippen molar-refractivity contribution in [1.29, 1.82) is 0 Å². The van der Waals surface area contributed by atoms with Crippen LogP contribution in [-0.2, 0) is 12.6 Å². The largest absolute Gasteiger partial charge is 0.416 e. The summed E-state index contributed by atoms with van der Waals surface area (Å²) < 4.78 is 39.8. The van der Waals surface area contributed by atoms with Gasteiger partial charge in [-0.25, -0.2) is 0 Å². The molecule has 1 aliphatic rings. The van der Waals surface area contributed by atoms with E-state index < -0.39 is 11.7 Å². The third kappa shape index (κ3) is 1.76. The second kappa shape index (κ2) is 3.85. The zero-order chi connectivity index (χ0) is 13.8. The highest BCUT2D eigenvalue weighted by atomic mass is 19.4. The monoisotopic (exact) mass is 267 g/mol. The Labute approximate surface area is 107 Å². The number of hydrogen-bond acceptors (Lipinski definition) is 1. The van der Waals surface area contributed by atoms with Crippen molar-refractivity contribution in [3.05, 3.63) is 35.0 Å². The maximum atomic E-state index is 12.7. The van der Waals surface area contributed by atoms with E-state index in [0.29, 0.717) is 17.3 Å². The fraction of sp³-hybridized carbons (Fsp3) is 0.357. The summed E-state index contributed by atoms with van der Waals surface area (Å²) in [6.45, 7) is 1.78. The lowest BCUT2D eigenvalue weighted by molar-refractivity contribution is -0.137. The van der Waals surface area contributed by atoms with Crippen LogP contribution >= 0.6 is 0 Å². The van der Waals surface area contributed by atoms with Crippen molar-refractivity contribution in [2.75, 3.05) is 0 Å². The smallest absolute Gasteiger partial charge is 0.284 e. The predicted octanol–water partition coefficient (Wildman–Crippen LogP) is 3.95. The number of fused-ring (bicyclic) bond motifs is 3. The van der Waals surface area contributed by atoms with Gasteiger partial charge in [0.2, 0.25) is 5.91 Å². The average Bonchev–Trinajstić information content (AvgIpc) is 2.63. The first-order chi connectivity index (χ1) is 8.89. The van der Waals surface area contributed by atoms with E-state index >= 15 is 0 Å². The molecule has 0 fully saturated rings. The standard InChI is InChI=1S/C14H12F3NO/c1-8-10-7-9(14(15,16)17)5-6-12(10)18-11(8)3-2-4-13(18)19/h5-7H,2-4H2,1H3. The van der Waals surface area contributed by atoms with Gasteiger partial charge in [0.05, 0.1) is 11.1 Å². The summed E-state index contributed by atoms with van der Waals surface area (Å²) in [5, 5.41) is 0.528. The quantitative estimate of drug-likeness (QED) is 0.708. The molecular formula is C14H12F3NO. The van der Waals surface area contributed by atoms with Crippen LogP contribution in [0.25, 0.3) is 10.9 Å². The highest BCUT2D eigenvalue weighted by Gasteiger charge is 2.32. The molecule has 5 heteroatoms. The first kappa shape index (κ1) is 12.3. The molecule has 0 aliphatic carbocycles. The summed E-state index contributed by atoms with van der Waals surface area (Å²) in [5.41, 5.74) is 1.56. The lowest BCUT2D eigenvalue weighted by Crippen LogP contribution is -2.19. The molecule has 0 atom stereocenters. The first-order valence-electron chi connectivity index (χ1n) is 6.14. The van der Waals surface area contributed by atoms with E-state index in [1.54, 1.807) is 11.5 Å². The summed E-state index contributed by atoms with van der Waals surface area (Å²) in [6.07, 6.45) is -2.39. The molecule has 19 heavy (non-hydrogen) atoms. The molecule has 1 aliphatic heterocycles. The molecule has 100 valence electrons. The Bertz CT molecular complexity index is 682. The van der Waals surface area contributed by atoms with Gasteiger partial charge in [0.1, 0.15) is 0 Å². The Morgan fingerprint density at radius 3 is 2.63 bits per heavy atom. The lowest BCUT2D eigenvalue weighted by atomic mass is 10.1. The molecule has 2 aromatic rings. The average molecular weight is 267 g/mol. The van der Waals surface area contributed by atoms with Crippen LogP contribution in [0.5, 0.6) is 0 Å². The van der Waals surface area contributed by atoms with Gasteiger partial charge >= 0.3 is 6.18 Å². The number of halogens is 3. The number of nitrogens with zero attached hydrogens (tertiary/aromatic N) is 1. The normalized spacial score (nSPS) is 15.9. The number of benzene rings is 1. The van der Waals surface area contributed by atoms with Crippen LogP contribution in [0.3, 0.4) is 0 Å². The fourth-order valence-corrected chi connectivity index (χ4v) is 2.78. The molecular weight excluding hydrogens is 255 g/mol. The van der Waals surface area contributed by atoms with Crippen molar-refractivity contribution >= 4 is 16.8 Å². The summed E-state index contributed by atoms with van der Waals surface area (Å²) >= 11 is 0. The number of hydrogen-bond donors (Lipinski definition) is 0. The summed E-state index contributed by atoms with van der Waals surface area (Å²) in [4.78, 5) is 11.9. The van der Waals surface area contributed by atoms with Crippen LogP contribution in [0.1, 0.15) is 34.5 Å². The lowest BCUT2D eigenvalue weighted by Gasteiger charge is -2.15. The molecule has 2 heterocycles. The number of aromatic nitrogens is 1. The van der Waals surface area contributed by atoms with Crippen LogP contribution < -0.4 is 0 Å². The van der Waals surface area contributed by atoms with E-state index in [4.69, 9.17) is 0 Å². The van der Waals surface area contributed by atoms with Crippen LogP contribution in [0.2, 0.25) is 0 Å². The number of aryl methyl sites for hydroxylation is 1. The van der Waals surface area contributed by atoms with Crippen molar-refractivity contribution in [2.24, 2.45) is 0 Å². The van der Waals surface area contributed by atoms with Gasteiger partial charge in [0.25, 0.3) is 0 Å². The molecule has 0 N–H and O–H groups in total. The van der Waals surface area contributed by atoms with Crippen molar-refractivity contribution in [1.82, 2.24) is 4.57 Å². The molecule has 0 radical (unpaired) electrons. The third-order valence-electron chi connectivity index (χ3n) is 3.73. The first-order valence-corrected chi connectivity index (χ1v) is 6.14. The van der Waals surface area contributed by atoms with Crippen molar-refractivity contribution in [3.63, 3.8) is 0 Å². The zero-order valence-corrected chi connectivity index (χ0v) is 10.3. The van der Waals surface area contributed by atoms with E-state index in [2.05, 4.69) is 0 Å². The molecule has 3 rings (SSSR count). The highest BCUT2D eigenvalue weighted by molar-refractivity contribution is 5.97. The molecule has 0 spiro atoms. The molecule has 0 saturated carbocycles. The molecule has 0 bridgehead atoms. The Balaban J connectivity index is 2.32. The minimum Gasteiger partial charge on any atom is -0.284 e. The SMILES string of the molecule is Cc1c2n(c3ccc(C(F)(F)F)cc13)C(=O)CCC2. The van der Waals surface area contributed by atoms with Gasteiger partial charge in [-0.2, -0.15) is 13.2 Å². The molecule has 0 saturated heterocycles. The van der Waals surface area contributed by atoms with Crippen LogP contribution in [-0.4, -0.2) is 10.5 Å². The number of alkyl halides is 3. The van der Waals surface area contributed by atoms with E-state index in [1.807, 2.05) is 0 Å². The number of carbonyl (C=O) groups excluding carboxylic acids is 1. The predicted molar refractivity (Wildman–Crippen MR) is 65.2 cm³/mol. The summed E-state index contributed by atoms with van der Waals surface area (Å²) in [6, 6.07) is 3.58. The van der Waals surface area contributed by atoms with Crippen molar-refractivity contribution < 1.29 is 18.0 Å². The summed E-state index contributed by atoms with van der Waals surface area (Å²) in [7, 11) is 0. The topological polar surface area (TPSA) is 22.0 Å². The van der Waals surface area contributed by atoms with Gasteiger partial charge in [-0.05, 0) is 43.5 Å². The molecule has 0 unspecified atom stereocenters. The van der Waals surface area contributed by atoms with Gasteiger partial charge in [0, 0.05) is 17.5 Å². The maximum absolute atomic E-state index is 12.7. The highest BCUT2D eigenvalue weighted by Crippen LogP contribution is 2.35. The molecule has 2 nitrogen and oxygen atoms in total. The minimum absolute atomic E-state index is 0.0286. The van der Waals surface area contributed by atoms with Crippen LogP contribution in [0.15, 0.2) is 18.2 Å². The third-order valence-corrected chi connectivity index (χ3v) is 3.73. The van der Waals surface area contributed by atoms with Gasteiger partial charge in [-0.1, -0.05) is 0 Å². The van der Waals surface area contributed by atoms with E-state index in [1.165, 1.54) is 6.07 Å². The Hall–Kier alpha value is -1.78. The van der Waals surface area contributed by atoms with Crippen LogP contribution in [0, 0.1) is 6.92 Å². The fourth-order valence-electron chi connectivity index (χ4n) is 2.78.